The van der Waals surface area contributed by atoms with Crippen LogP contribution in [0.5, 0.6) is 0 Å². The lowest BCUT2D eigenvalue weighted by molar-refractivity contribution is -0.140. The van der Waals surface area contributed by atoms with Crippen LogP contribution in [0.1, 0.15) is 12.0 Å². The van der Waals surface area contributed by atoms with Crippen molar-refractivity contribution >= 4 is 17.3 Å². The third-order valence-electron chi connectivity index (χ3n) is 2.97. The number of carbonyl (C=O) groups excluding carboxylic acids is 1. The number of methoxy groups -OCH3 is 1. The van der Waals surface area contributed by atoms with E-state index in [1.807, 2.05) is 12.1 Å². The predicted octanol–water partition coefficient (Wildman–Crippen LogP) is 1.19. The minimum absolute atomic E-state index is 0.169. The summed E-state index contributed by atoms with van der Waals surface area (Å²) in [5.74, 6) is -0.169. The zero-order valence-corrected chi connectivity index (χ0v) is 9.40. The molecule has 2 rings (SSSR count). The maximum Gasteiger partial charge on any atom is 0.307 e. The number of nitrogens with two attached hydrogens (primary N) is 1. The maximum atomic E-state index is 11.1. The Morgan fingerprint density at radius 1 is 1.56 bits per heavy atom. The topological polar surface area (TPSA) is 55.6 Å². The van der Waals surface area contributed by atoms with E-state index < -0.39 is 0 Å². The molecule has 0 saturated carbocycles. The van der Waals surface area contributed by atoms with Gasteiger partial charge in [-0.25, -0.2) is 0 Å². The van der Waals surface area contributed by atoms with E-state index >= 15 is 0 Å². The van der Waals surface area contributed by atoms with Crippen LogP contribution in [0.2, 0.25) is 0 Å². The average molecular weight is 220 g/mol. The number of anilines is 2. The van der Waals surface area contributed by atoms with Gasteiger partial charge in [0.25, 0.3) is 0 Å². The summed E-state index contributed by atoms with van der Waals surface area (Å²) in [4.78, 5) is 13.3. The van der Waals surface area contributed by atoms with Crippen LogP contribution in [0.4, 0.5) is 11.4 Å². The molecule has 4 nitrogen and oxygen atoms in total. The van der Waals surface area contributed by atoms with E-state index in [2.05, 4.69) is 15.7 Å². The number of nitrogen functional groups attached to an aromatic ring is 1. The van der Waals surface area contributed by atoms with Crippen molar-refractivity contribution in [3.63, 3.8) is 0 Å². The lowest BCUT2D eigenvalue weighted by Crippen LogP contribution is -2.24. The third kappa shape index (κ3) is 1.96. The molecule has 1 aromatic rings. The van der Waals surface area contributed by atoms with Crippen LogP contribution in [0.15, 0.2) is 18.2 Å². The van der Waals surface area contributed by atoms with Crippen molar-refractivity contribution in [1.29, 1.82) is 0 Å². The molecule has 1 heterocycles. The molecule has 0 aromatic heterocycles. The standard InChI is InChI=1S/C12H16N2O2/c1-16-12(15)6-8-14-7-5-9-10(13)3-2-4-11(9)14/h2-4H,5-8,13H2,1H3. The molecule has 0 aliphatic carbocycles. The van der Waals surface area contributed by atoms with Crippen LogP contribution in [-0.2, 0) is 16.0 Å². The second kappa shape index (κ2) is 4.43. The summed E-state index contributed by atoms with van der Waals surface area (Å²) in [5, 5.41) is 0. The molecule has 0 unspecified atom stereocenters. The van der Waals surface area contributed by atoms with Crippen molar-refractivity contribution in [2.24, 2.45) is 0 Å². The molecule has 1 aliphatic rings. The van der Waals surface area contributed by atoms with Gasteiger partial charge in [0.2, 0.25) is 0 Å². The van der Waals surface area contributed by atoms with Crippen molar-refractivity contribution in [1.82, 2.24) is 0 Å². The number of hydrogen-bond acceptors (Lipinski definition) is 4. The number of fused-ring (bicyclic) bond motifs is 1. The summed E-state index contributed by atoms with van der Waals surface area (Å²) in [6.45, 7) is 1.63. The first kappa shape index (κ1) is 10.8. The summed E-state index contributed by atoms with van der Waals surface area (Å²) >= 11 is 0. The minimum atomic E-state index is -0.169. The third-order valence-corrected chi connectivity index (χ3v) is 2.97. The van der Waals surface area contributed by atoms with E-state index in [0.717, 1.165) is 24.3 Å². The zero-order valence-electron chi connectivity index (χ0n) is 9.40. The van der Waals surface area contributed by atoms with Gasteiger partial charge in [-0.3, -0.25) is 4.79 Å². The molecule has 1 aliphatic heterocycles. The fourth-order valence-electron chi connectivity index (χ4n) is 2.09. The quantitative estimate of drug-likeness (QED) is 0.614. The van der Waals surface area contributed by atoms with Crippen molar-refractivity contribution in [3.8, 4) is 0 Å². The molecule has 0 atom stereocenters. The highest BCUT2D eigenvalue weighted by molar-refractivity contribution is 5.72. The normalized spacial score (nSPS) is 13.7. The maximum absolute atomic E-state index is 11.1. The van der Waals surface area contributed by atoms with Crippen molar-refractivity contribution < 1.29 is 9.53 Å². The van der Waals surface area contributed by atoms with Crippen LogP contribution in [0, 0.1) is 0 Å². The minimum Gasteiger partial charge on any atom is -0.469 e. The second-order valence-electron chi connectivity index (χ2n) is 3.91. The van der Waals surface area contributed by atoms with Crippen LogP contribution >= 0.6 is 0 Å². The summed E-state index contributed by atoms with van der Waals surface area (Å²) in [6.07, 6.45) is 1.38. The summed E-state index contributed by atoms with van der Waals surface area (Å²) in [7, 11) is 1.41. The highest BCUT2D eigenvalue weighted by atomic mass is 16.5. The SMILES string of the molecule is COC(=O)CCN1CCc2c(N)cccc21. The van der Waals surface area contributed by atoms with Crippen molar-refractivity contribution in [3.05, 3.63) is 23.8 Å². The van der Waals surface area contributed by atoms with Crippen LogP contribution in [0.25, 0.3) is 0 Å². The van der Waals surface area contributed by atoms with E-state index in [0.29, 0.717) is 13.0 Å². The number of carbonyl (C=O) groups is 1. The van der Waals surface area contributed by atoms with Gasteiger partial charge in [-0.05, 0) is 18.6 Å². The average Bonchev–Trinajstić information content (AvgIpc) is 2.70. The molecule has 0 amide bonds. The largest absolute Gasteiger partial charge is 0.469 e. The number of benzene rings is 1. The zero-order chi connectivity index (χ0) is 11.5. The summed E-state index contributed by atoms with van der Waals surface area (Å²) in [5.41, 5.74) is 9.10. The summed E-state index contributed by atoms with van der Waals surface area (Å²) in [6, 6.07) is 5.92. The molecular weight excluding hydrogens is 204 g/mol. The highest BCUT2D eigenvalue weighted by Crippen LogP contribution is 2.31. The number of ether oxygens (including phenoxy) is 1. The van der Waals surface area contributed by atoms with Gasteiger partial charge in [0.1, 0.15) is 0 Å². The molecule has 16 heavy (non-hydrogen) atoms. The van der Waals surface area contributed by atoms with Crippen LogP contribution in [-0.4, -0.2) is 26.2 Å². The first-order chi connectivity index (χ1) is 7.72. The van der Waals surface area contributed by atoms with Crippen LogP contribution in [0.3, 0.4) is 0 Å². The molecule has 4 heteroatoms. The van der Waals surface area contributed by atoms with E-state index in [4.69, 9.17) is 5.73 Å². The van der Waals surface area contributed by atoms with Crippen molar-refractivity contribution in [2.75, 3.05) is 30.8 Å². The Kier molecular flexibility index (Phi) is 2.99. The van der Waals surface area contributed by atoms with Crippen molar-refractivity contribution in [2.45, 2.75) is 12.8 Å². The molecule has 2 N–H and O–H groups in total. The number of hydrogen-bond donors (Lipinski definition) is 1. The highest BCUT2D eigenvalue weighted by Gasteiger charge is 2.20. The molecule has 1 aromatic carbocycles. The van der Waals surface area contributed by atoms with Gasteiger partial charge < -0.3 is 15.4 Å². The lowest BCUT2D eigenvalue weighted by Gasteiger charge is -2.18. The van der Waals surface area contributed by atoms with Crippen LogP contribution < -0.4 is 10.6 Å². The Bertz CT molecular complexity index is 404. The molecule has 0 saturated heterocycles. The van der Waals surface area contributed by atoms with Gasteiger partial charge in [-0.2, -0.15) is 0 Å². The number of nitrogens with zero attached hydrogens (tertiary/aromatic N) is 1. The smallest absolute Gasteiger partial charge is 0.307 e. The van der Waals surface area contributed by atoms with Gasteiger partial charge in [0.05, 0.1) is 13.5 Å². The first-order valence-electron chi connectivity index (χ1n) is 5.41. The lowest BCUT2D eigenvalue weighted by atomic mass is 10.1. The monoisotopic (exact) mass is 220 g/mol. The first-order valence-corrected chi connectivity index (χ1v) is 5.41. The molecule has 0 bridgehead atoms. The van der Waals surface area contributed by atoms with E-state index in [1.165, 1.54) is 12.7 Å². The fraction of sp³-hybridized carbons (Fsp3) is 0.417. The summed E-state index contributed by atoms with van der Waals surface area (Å²) < 4.78 is 4.63. The second-order valence-corrected chi connectivity index (χ2v) is 3.91. The molecule has 0 spiro atoms. The predicted molar refractivity (Wildman–Crippen MR) is 63.4 cm³/mol. The van der Waals surface area contributed by atoms with Gasteiger partial charge in [-0.1, -0.05) is 6.07 Å². The molecular formula is C12H16N2O2. The fourth-order valence-corrected chi connectivity index (χ4v) is 2.09. The van der Waals surface area contributed by atoms with E-state index in [1.54, 1.807) is 0 Å². The van der Waals surface area contributed by atoms with Gasteiger partial charge in [-0.15, -0.1) is 0 Å². The molecule has 0 fully saturated rings. The number of rotatable bonds is 3. The Labute approximate surface area is 95.0 Å². The number of esters is 1. The Morgan fingerprint density at radius 2 is 2.38 bits per heavy atom. The van der Waals surface area contributed by atoms with E-state index in [9.17, 15) is 4.79 Å². The molecule has 86 valence electrons. The Hall–Kier alpha value is -1.71. The van der Waals surface area contributed by atoms with Gasteiger partial charge in [0.15, 0.2) is 0 Å². The Balaban J connectivity index is 2.06. The molecule has 0 radical (unpaired) electrons. The Morgan fingerprint density at radius 3 is 3.12 bits per heavy atom. The van der Waals surface area contributed by atoms with E-state index in [-0.39, 0.29) is 5.97 Å². The van der Waals surface area contributed by atoms with Gasteiger partial charge >= 0.3 is 5.97 Å². The van der Waals surface area contributed by atoms with Gasteiger partial charge in [0, 0.05) is 30.0 Å².